The van der Waals surface area contributed by atoms with Crippen molar-refractivity contribution >= 4 is 12.0 Å². The number of amides is 1. The minimum absolute atomic E-state index is 0.106. The number of rotatable bonds is 8. The molecule has 1 N–H and O–H groups in total. The van der Waals surface area contributed by atoms with Gasteiger partial charge in [0.15, 0.2) is 0 Å². The first kappa shape index (κ1) is 33.7. The van der Waals surface area contributed by atoms with E-state index in [2.05, 4.69) is 20.2 Å². The fourth-order valence-corrected chi connectivity index (χ4v) is 6.38. The van der Waals surface area contributed by atoms with E-state index in [9.17, 15) is 27.2 Å². The molecule has 5 aromatic rings. The summed E-state index contributed by atoms with van der Waals surface area (Å²) in [5.41, 5.74) is 4.01. The predicted octanol–water partition coefficient (Wildman–Crippen LogP) is 6.43. The fourth-order valence-electron chi connectivity index (χ4n) is 6.38. The number of carbonyl (C=O) groups is 1. The summed E-state index contributed by atoms with van der Waals surface area (Å²) in [6.07, 6.45) is -4.12. The van der Waals surface area contributed by atoms with Crippen molar-refractivity contribution in [3.63, 3.8) is 0 Å². The molecule has 3 aromatic heterocycles. The number of benzene rings is 2. The van der Waals surface area contributed by atoms with E-state index in [1.807, 2.05) is 25.1 Å². The van der Waals surface area contributed by atoms with E-state index in [4.69, 9.17) is 18.9 Å². The maximum Gasteiger partial charge on any atom is 0.434 e. The van der Waals surface area contributed by atoms with Crippen molar-refractivity contribution < 1.29 is 36.2 Å². The topological polar surface area (TPSA) is 140 Å². The third-order valence-electron chi connectivity index (χ3n) is 9.00. The minimum Gasteiger partial charge on any atom is -0.481 e. The largest absolute Gasteiger partial charge is 0.481 e. The van der Waals surface area contributed by atoms with Gasteiger partial charge in [-0.1, -0.05) is 17.7 Å². The van der Waals surface area contributed by atoms with Crippen LogP contribution >= 0.6 is 0 Å². The van der Waals surface area contributed by atoms with Crippen LogP contribution in [-0.2, 0) is 17.5 Å². The Hall–Kier alpha value is -5.80. The number of H-pyrrole nitrogens is 1. The third-order valence-corrected chi connectivity index (χ3v) is 9.00. The predicted molar refractivity (Wildman–Crippen MR) is 176 cm³/mol. The van der Waals surface area contributed by atoms with Crippen LogP contribution in [0.15, 0.2) is 64.1 Å². The number of methoxy groups -OCH3 is 1. The van der Waals surface area contributed by atoms with Crippen molar-refractivity contribution in [3.05, 3.63) is 93.4 Å². The molecule has 1 amide bonds. The number of alkyl halides is 4. The van der Waals surface area contributed by atoms with Crippen molar-refractivity contribution in [3.8, 4) is 39.6 Å². The number of aromatic nitrogens is 5. The lowest BCUT2D eigenvalue weighted by atomic mass is 9.96. The first-order valence-electron chi connectivity index (χ1n) is 15.9. The molecule has 12 nitrogen and oxygen atoms in total. The normalized spacial score (nSPS) is 17.8. The molecule has 2 atom stereocenters. The van der Waals surface area contributed by atoms with Gasteiger partial charge in [-0.05, 0) is 67.8 Å². The number of carbonyl (C=O) groups excluding carboxylic acids is 1. The number of nitrogens with zero attached hydrogens (tertiary/aromatic N) is 6. The third kappa shape index (κ3) is 6.48. The van der Waals surface area contributed by atoms with Gasteiger partial charge in [0.05, 0.1) is 44.0 Å². The second-order valence-electron chi connectivity index (χ2n) is 12.6. The van der Waals surface area contributed by atoms with Gasteiger partial charge in [0.25, 0.3) is 0 Å². The second kappa shape index (κ2) is 12.8. The fraction of sp³-hybridized carbons (Fsp3) is 0.314. The molecule has 2 aliphatic heterocycles. The molecule has 264 valence electrons. The summed E-state index contributed by atoms with van der Waals surface area (Å²) in [4.78, 5) is 41.7. The number of halogens is 4. The summed E-state index contributed by atoms with van der Waals surface area (Å²) in [7, 11) is 1.46. The van der Waals surface area contributed by atoms with Crippen molar-refractivity contribution in [1.82, 2.24) is 30.0 Å². The van der Waals surface area contributed by atoms with Gasteiger partial charge in [-0.25, -0.2) is 34.0 Å². The summed E-state index contributed by atoms with van der Waals surface area (Å²) in [6.45, 7) is 5.23. The highest BCUT2D eigenvalue weighted by molar-refractivity contribution is 5.79. The molecule has 7 rings (SSSR count). The average molecular weight is 706 g/mol. The van der Waals surface area contributed by atoms with E-state index < -0.39 is 41.9 Å². The lowest BCUT2D eigenvalue weighted by molar-refractivity contribution is -0.137. The molecular weight excluding hydrogens is 674 g/mol. The Morgan fingerprint density at radius 2 is 1.76 bits per heavy atom. The zero-order valence-electron chi connectivity index (χ0n) is 27.8. The molecule has 2 aliphatic rings. The van der Waals surface area contributed by atoms with Crippen molar-refractivity contribution in [1.29, 1.82) is 0 Å². The van der Waals surface area contributed by atoms with Crippen LogP contribution in [0.2, 0.25) is 0 Å². The van der Waals surface area contributed by atoms with E-state index in [1.165, 1.54) is 12.0 Å². The van der Waals surface area contributed by atoms with Gasteiger partial charge < -0.3 is 18.8 Å². The molecule has 0 bridgehead atoms. The molecule has 51 heavy (non-hydrogen) atoms. The van der Waals surface area contributed by atoms with Gasteiger partial charge in [-0.2, -0.15) is 13.2 Å². The van der Waals surface area contributed by atoms with E-state index in [0.717, 1.165) is 23.3 Å². The van der Waals surface area contributed by atoms with Crippen LogP contribution in [0.25, 0.3) is 33.7 Å². The molecule has 5 heterocycles. The quantitative estimate of drug-likeness (QED) is 0.180. The van der Waals surface area contributed by atoms with Gasteiger partial charge in [-0.3, -0.25) is 4.90 Å². The van der Waals surface area contributed by atoms with Gasteiger partial charge in [-0.15, -0.1) is 5.10 Å². The summed E-state index contributed by atoms with van der Waals surface area (Å²) in [6, 6.07) is 10.2. The number of nitrogens with one attached hydrogen (secondary N) is 1. The zero-order valence-corrected chi connectivity index (χ0v) is 27.8. The van der Waals surface area contributed by atoms with Crippen molar-refractivity contribution in [2.75, 3.05) is 25.1 Å². The number of hydrogen-bond donors (Lipinski definition) is 1. The van der Waals surface area contributed by atoms with Crippen LogP contribution in [-0.4, -0.2) is 68.6 Å². The first-order chi connectivity index (χ1) is 24.3. The summed E-state index contributed by atoms with van der Waals surface area (Å²) in [5.74, 6) is -0.0267. The maximum atomic E-state index is 13.8. The van der Waals surface area contributed by atoms with Crippen LogP contribution in [0, 0.1) is 13.8 Å². The molecular formula is C35H31F4N7O5. The highest BCUT2D eigenvalue weighted by Crippen LogP contribution is 2.40. The van der Waals surface area contributed by atoms with Gasteiger partial charge in [0.1, 0.15) is 12.3 Å². The molecule has 2 fully saturated rings. The standard InChI is InChI=1S/C35H31F4N7O5/c1-17-7-21(10-23(8-17)35(37,38)39)29-19(3)46(34(48)50-29)16-28-27(13-41-32(42-28)45-14-24(36)15-45)26-11-22(12-40-31(26)49-4)25-6-5-20(9-18(25)2)30-43-44-33(47)51-30/h5-13,19,24,29H,14-16H2,1-4H3,(H,44,47)/t19-,29-/m0/s1. The molecule has 0 unspecified atom stereocenters. The number of hydrogen-bond acceptors (Lipinski definition) is 10. The Bertz CT molecular complexity index is 2200. The lowest BCUT2D eigenvalue weighted by Crippen LogP contribution is -2.49. The Morgan fingerprint density at radius 1 is 0.980 bits per heavy atom. The number of pyridine rings is 1. The Kier molecular flexibility index (Phi) is 8.47. The number of aryl methyl sites for hydroxylation is 2. The Labute approximate surface area is 288 Å². The van der Waals surface area contributed by atoms with Crippen molar-refractivity contribution in [2.45, 2.75) is 51.8 Å². The van der Waals surface area contributed by atoms with Crippen LogP contribution in [0.3, 0.4) is 0 Å². The van der Waals surface area contributed by atoms with E-state index in [1.54, 1.807) is 43.3 Å². The molecule has 0 saturated carbocycles. The second-order valence-corrected chi connectivity index (χ2v) is 12.6. The van der Waals surface area contributed by atoms with Crippen LogP contribution in [0.1, 0.15) is 41.0 Å². The van der Waals surface area contributed by atoms with E-state index in [0.29, 0.717) is 33.5 Å². The van der Waals surface area contributed by atoms with Gasteiger partial charge in [0.2, 0.25) is 17.7 Å². The lowest BCUT2D eigenvalue weighted by Gasteiger charge is -2.34. The number of aromatic amines is 1. The molecule has 0 spiro atoms. The summed E-state index contributed by atoms with van der Waals surface area (Å²) < 4.78 is 71.2. The Morgan fingerprint density at radius 3 is 2.43 bits per heavy atom. The SMILES string of the molecule is COc1ncc(-c2ccc(-c3n[nH]c(=O)o3)cc2C)cc1-c1cnc(N2CC(F)C2)nc1CN1C(=O)O[C@H](c2cc(C)cc(C(F)(F)F)c2)[C@@H]1C. The van der Waals surface area contributed by atoms with Crippen LogP contribution in [0.4, 0.5) is 28.3 Å². The highest BCUT2D eigenvalue weighted by atomic mass is 19.4. The highest BCUT2D eigenvalue weighted by Gasteiger charge is 2.42. The Balaban J connectivity index is 1.26. The average Bonchev–Trinajstić information content (AvgIpc) is 3.64. The maximum absolute atomic E-state index is 13.8. The van der Waals surface area contributed by atoms with Gasteiger partial charge in [0, 0.05) is 34.6 Å². The van der Waals surface area contributed by atoms with E-state index in [-0.39, 0.29) is 42.9 Å². The number of anilines is 1. The summed E-state index contributed by atoms with van der Waals surface area (Å²) in [5, 5.41) is 6.13. The molecule has 0 aliphatic carbocycles. The van der Waals surface area contributed by atoms with Crippen molar-refractivity contribution in [2.24, 2.45) is 0 Å². The number of cyclic esters (lactones) is 1. The van der Waals surface area contributed by atoms with Crippen LogP contribution < -0.4 is 15.4 Å². The van der Waals surface area contributed by atoms with Gasteiger partial charge >= 0.3 is 18.0 Å². The molecule has 2 saturated heterocycles. The van der Waals surface area contributed by atoms with E-state index >= 15 is 0 Å². The molecule has 0 radical (unpaired) electrons. The minimum atomic E-state index is -4.58. The monoisotopic (exact) mass is 705 g/mol. The molecule has 2 aromatic carbocycles. The summed E-state index contributed by atoms with van der Waals surface area (Å²) >= 11 is 0. The van der Waals surface area contributed by atoms with Crippen LogP contribution in [0.5, 0.6) is 5.88 Å². The first-order valence-corrected chi connectivity index (χ1v) is 15.9. The smallest absolute Gasteiger partial charge is 0.434 e. The molecule has 16 heteroatoms. The number of ether oxygens (including phenoxy) is 2. The zero-order chi connectivity index (χ0) is 36.2.